The molecular weight excluding hydrogens is 376 g/mol. The summed E-state index contributed by atoms with van der Waals surface area (Å²) in [5.74, 6) is -1.28. The quantitative estimate of drug-likeness (QED) is 0.680. The number of aromatic hydroxyl groups is 1. The van der Waals surface area contributed by atoms with Crippen LogP contribution in [0.25, 0.3) is 0 Å². The average molecular weight is 406 g/mol. The van der Waals surface area contributed by atoms with Gasteiger partial charge in [-0.2, -0.15) is 0 Å². The number of hydrogen-bond acceptors (Lipinski definition) is 6. The predicted octanol–water partition coefficient (Wildman–Crippen LogP) is 0.882. The number of aromatic nitrogens is 1. The summed E-state index contributed by atoms with van der Waals surface area (Å²) in [5.41, 5.74) is -1.13. The van der Waals surface area contributed by atoms with Crippen molar-refractivity contribution in [1.82, 2.24) is 14.9 Å². The summed E-state index contributed by atoms with van der Waals surface area (Å²) < 4.78 is 6.39. The minimum Gasteiger partial charge on any atom is -0.502 e. The summed E-state index contributed by atoms with van der Waals surface area (Å²) in [7, 11) is 3.25. The number of ether oxygens (including phenoxy) is 1. The smallest absolute Gasteiger partial charge is 0.277 e. The Hall–Kier alpha value is -2.55. The third-order valence-electron chi connectivity index (χ3n) is 5.73. The van der Waals surface area contributed by atoms with Crippen LogP contribution in [0.2, 0.25) is 0 Å². The maximum atomic E-state index is 12.7. The number of pyridine rings is 1. The Morgan fingerprint density at radius 3 is 2.59 bits per heavy atom. The first-order valence-corrected chi connectivity index (χ1v) is 10.2. The number of rotatable bonds is 6. The number of carbonyl (C=O) groups is 2. The molecule has 9 nitrogen and oxygen atoms in total. The van der Waals surface area contributed by atoms with Crippen molar-refractivity contribution in [2.75, 3.05) is 45.5 Å². The highest BCUT2D eigenvalue weighted by Crippen LogP contribution is 2.23. The topological polar surface area (TPSA) is 104 Å². The Kier molecular flexibility index (Phi) is 6.79. The monoisotopic (exact) mass is 406 g/mol. The van der Waals surface area contributed by atoms with E-state index in [1.807, 2.05) is 0 Å². The van der Waals surface area contributed by atoms with Crippen molar-refractivity contribution in [2.45, 2.75) is 38.5 Å². The zero-order valence-electron chi connectivity index (χ0n) is 17.1. The number of hydrogen-bond donors (Lipinski definition) is 2. The molecule has 2 amide bonds. The lowest BCUT2D eigenvalue weighted by Gasteiger charge is -2.37. The lowest BCUT2D eigenvalue weighted by Crippen LogP contribution is -2.53. The van der Waals surface area contributed by atoms with Crippen molar-refractivity contribution in [2.24, 2.45) is 5.92 Å². The molecule has 1 aromatic rings. The molecule has 1 saturated carbocycles. The van der Waals surface area contributed by atoms with E-state index in [1.54, 1.807) is 12.1 Å². The summed E-state index contributed by atoms with van der Waals surface area (Å²) >= 11 is 0. The van der Waals surface area contributed by atoms with E-state index in [1.165, 1.54) is 35.7 Å². The molecule has 0 unspecified atom stereocenters. The van der Waals surface area contributed by atoms with Crippen LogP contribution in [0, 0.1) is 5.92 Å². The number of amides is 2. The van der Waals surface area contributed by atoms with Crippen LogP contribution in [-0.4, -0.2) is 67.0 Å². The van der Waals surface area contributed by atoms with Crippen LogP contribution in [0.4, 0.5) is 0 Å². The molecule has 0 spiro atoms. The summed E-state index contributed by atoms with van der Waals surface area (Å²) in [6.45, 7) is 1.43. The first-order chi connectivity index (χ1) is 13.9. The zero-order valence-corrected chi connectivity index (χ0v) is 17.1. The van der Waals surface area contributed by atoms with Gasteiger partial charge in [-0.3, -0.25) is 24.1 Å². The lowest BCUT2D eigenvalue weighted by atomic mass is 10.0. The van der Waals surface area contributed by atoms with Gasteiger partial charge in [-0.05, 0) is 18.8 Å². The van der Waals surface area contributed by atoms with Gasteiger partial charge >= 0.3 is 0 Å². The van der Waals surface area contributed by atoms with Crippen molar-refractivity contribution in [3.05, 3.63) is 27.7 Å². The van der Waals surface area contributed by atoms with Crippen molar-refractivity contribution in [3.8, 4) is 5.75 Å². The fourth-order valence-electron chi connectivity index (χ4n) is 4.02. The highest BCUT2D eigenvalue weighted by atomic mass is 16.5. The van der Waals surface area contributed by atoms with Gasteiger partial charge in [-0.25, -0.2) is 0 Å². The van der Waals surface area contributed by atoms with Crippen molar-refractivity contribution < 1.29 is 19.4 Å². The number of methoxy groups -OCH3 is 1. The van der Waals surface area contributed by atoms with Gasteiger partial charge in [0.25, 0.3) is 11.8 Å². The third-order valence-corrected chi connectivity index (χ3v) is 5.73. The summed E-state index contributed by atoms with van der Waals surface area (Å²) in [4.78, 5) is 39.5. The number of nitrogens with one attached hydrogen (secondary N) is 1. The molecule has 0 radical (unpaired) electrons. The molecule has 0 aromatic carbocycles. The van der Waals surface area contributed by atoms with Gasteiger partial charge in [0.15, 0.2) is 11.4 Å². The van der Waals surface area contributed by atoms with Crippen molar-refractivity contribution in [1.29, 1.82) is 0 Å². The molecule has 0 atom stereocenters. The van der Waals surface area contributed by atoms with Crippen LogP contribution in [0.5, 0.6) is 5.75 Å². The van der Waals surface area contributed by atoms with Gasteiger partial charge in [-0.15, -0.1) is 0 Å². The average Bonchev–Trinajstić information content (AvgIpc) is 2.98. The Balaban J connectivity index is 1.80. The molecule has 1 aliphatic carbocycles. The third kappa shape index (κ3) is 4.55. The largest absolute Gasteiger partial charge is 0.502 e. The second-order valence-electron chi connectivity index (χ2n) is 7.84. The molecular formula is C20H30N4O5. The minimum absolute atomic E-state index is 0.139. The van der Waals surface area contributed by atoms with Crippen LogP contribution >= 0.6 is 0 Å². The van der Waals surface area contributed by atoms with E-state index in [9.17, 15) is 19.5 Å². The fraction of sp³-hybridized carbons (Fsp3) is 0.650. The Bertz CT molecular complexity index is 814. The molecule has 2 N–H and O–H groups in total. The lowest BCUT2D eigenvalue weighted by molar-refractivity contribution is 0.0629. The molecule has 0 saturated heterocycles. The Labute approximate surface area is 170 Å². The van der Waals surface area contributed by atoms with Gasteiger partial charge in [0.2, 0.25) is 5.43 Å². The van der Waals surface area contributed by atoms with E-state index in [0.717, 1.165) is 25.7 Å². The normalized spacial score (nSPS) is 17.8. The standard InChI is InChI=1S/C20H30N4O5/c1-22-13-23(9-10-29-2)20(28)16-18(26)17(25)15(12-24(16)22)19(27)21-11-14-7-5-3-4-6-8-14/h12,14,26H,3-11,13H2,1-2H3,(H,21,27). The number of carbonyl (C=O) groups excluding carboxylic acids is 2. The second-order valence-corrected chi connectivity index (χ2v) is 7.84. The predicted molar refractivity (Wildman–Crippen MR) is 108 cm³/mol. The van der Waals surface area contributed by atoms with Gasteiger partial charge < -0.3 is 20.1 Å². The Morgan fingerprint density at radius 1 is 1.24 bits per heavy atom. The highest BCUT2D eigenvalue weighted by molar-refractivity contribution is 5.99. The van der Waals surface area contributed by atoms with Crippen molar-refractivity contribution in [3.63, 3.8) is 0 Å². The minimum atomic E-state index is -0.829. The van der Waals surface area contributed by atoms with Crippen LogP contribution in [-0.2, 0) is 4.74 Å². The molecule has 1 aromatic heterocycles. The van der Waals surface area contributed by atoms with E-state index in [0.29, 0.717) is 25.6 Å². The van der Waals surface area contributed by atoms with E-state index < -0.39 is 23.0 Å². The molecule has 2 aliphatic rings. The van der Waals surface area contributed by atoms with Gasteiger partial charge in [0, 0.05) is 33.4 Å². The van der Waals surface area contributed by atoms with E-state index >= 15 is 0 Å². The summed E-state index contributed by atoms with van der Waals surface area (Å²) in [6, 6.07) is 0. The molecule has 0 bridgehead atoms. The molecule has 3 rings (SSSR count). The fourth-order valence-corrected chi connectivity index (χ4v) is 4.02. The first-order valence-electron chi connectivity index (χ1n) is 10.2. The van der Waals surface area contributed by atoms with Crippen LogP contribution in [0.3, 0.4) is 0 Å². The molecule has 2 heterocycles. The number of fused-ring (bicyclic) bond motifs is 1. The molecule has 29 heavy (non-hydrogen) atoms. The van der Waals surface area contributed by atoms with Crippen molar-refractivity contribution >= 4 is 11.8 Å². The maximum absolute atomic E-state index is 12.7. The van der Waals surface area contributed by atoms with Gasteiger partial charge in [0.05, 0.1) is 6.61 Å². The number of nitrogens with zero attached hydrogens (tertiary/aromatic N) is 3. The van der Waals surface area contributed by atoms with Crippen LogP contribution in [0.15, 0.2) is 11.0 Å². The summed E-state index contributed by atoms with van der Waals surface area (Å²) in [5, 5.41) is 14.9. The van der Waals surface area contributed by atoms with Crippen LogP contribution in [0.1, 0.15) is 59.4 Å². The van der Waals surface area contributed by atoms with Gasteiger partial charge in [0.1, 0.15) is 12.2 Å². The highest BCUT2D eigenvalue weighted by Gasteiger charge is 2.33. The van der Waals surface area contributed by atoms with E-state index in [2.05, 4.69) is 5.32 Å². The zero-order chi connectivity index (χ0) is 21.0. The SMILES string of the molecule is COCCN1CN(C)n2cc(C(=O)NCC3CCCCCC3)c(=O)c(O)c2C1=O. The van der Waals surface area contributed by atoms with Crippen LogP contribution < -0.4 is 15.8 Å². The molecule has 9 heteroatoms. The first kappa shape index (κ1) is 21.2. The summed E-state index contributed by atoms with van der Waals surface area (Å²) in [6.07, 6.45) is 8.26. The molecule has 1 fully saturated rings. The van der Waals surface area contributed by atoms with E-state index in [-0.39, 0.29) is 17.9 Å². The second kappa shape index (κ2) is 9.30. The van der Waals surface area contributed by atoms with E-state index in [4.69, 9.17) is 4.74 Å². The van der Waals surface area contributed by atoms with Gasteiger partial charge in [-0.1, -0.05) is 25.7 Å². The molecule has 1 aliphatic heterocycles. The molecule has 160 valence electrons. The maximum Gasteiger partial charge on any atom is 0.277 e. The Morgan fingerprint density at radius 2 is 1.93 bits per heavy atom.